The minimum atomic E-state index is 0.0107. The van der Waals surface area contributed by atoms with Gasteiger partial charge in [-0.3, -0.25) is 0 Å². The molecule has 0 saturated heterocycles. The van der Waals surface area contributed by atoms with Crippen molar-refractivity contribution in [3.63, 3.8) is 0 Å². The van der Waals surface area contributed by atoms with Gasteiger partial charge in [-0.05, 0) is 51.4 Å². The van der Waals surface area contributed by atoms with Crippen molar-refractivity contribution in [2.24, 2.45) is 11.3 Å². The molecule has 14 heavy (non-hydrogen) atoms. The number of hydrogen-bond donors (Lipinski definition) is 0. The van der Waals surface area contributed by atoms with E-state index >= 15 is 0 Å². The van der Waals surface area contributed by atoms with Crippen LogP contribution in [0.1, 0.15) is 47.0 Å². The van der Waals surface area contributed by atoms with Gasteiger partial charge >= 0.3 is 0 Å². The fourth-order valence-corrected chi connectivity index (χ4v) is 2.49. The van der Waals surface area contributed by atoms with Gasteiger partial charge in [0, 0.05) is 11.9 Å². The third-order valence-electron chi connectivity index (χ3n) is 3.08. The monoisotopic (exact) mass is 262 g/mol. The predicted octanol–water partition coefficient (Wildman–Crippen LogP) is 4.00. The van der Waals surface area contributed by atoms with E-state index in [1.54, 1.807) is 0 Å². The highest BCUT2D eigenvalue weighted by Gasteiger charge is 2.40. The lowest BCUT2D eigenvalue weighted by molar-refractivity contribution is -0.0169. The van der Waals surface area contributed by atoms with Gasteiger partial charge < -0.3 is 4.74 Å². The van der Waals surface area contributed by atoms with Crippen molar-refractivity contribution >= 4 is 15.9 Å². The Hall–Kier alpha value is 0.440. The van der Waals surface area contributed by atoms with Crippen LogP contribution in [0, 0.1) is 11.3 Å². The summed E-state index contributed by atoms with van der Waals surface area (Å²) in [5.41, 5.74) is 0.474. The van der Waals surface area contributed by atoms with Crippen LogP contribution < -0.4 is 0 Å². The van der Waals surface area contributed by atoms with Crippen LogP contribution in [0.5, 0.6) is 0 Å². The van der Waals surface area contributed by atoms with Crippen LogP contribution in [0.25, 0.3) is 0 Å². The van der Waals surface area contributed by atoms with E-state index in [1.807, 2.05) is 0 Å². The van der Waals surface area contributed by atoms with Crippen molar-refractivity contribution < 1.29 is 4.74 Å². The first-order valence-corrected chi connectivity index (χ1v) is 6.69. The average Bonchev–Trinajstić information content (AvgIpc) is 2.83. The van der Waals surface area contributed by atoms with Gasteiger partial charge in [-0.25, -0.2) is 0 Å². The van der Waals surface area contributed by atoms with Crippen LogP contribution >= 0.6 is 15.9 Å². The van der Waals surface area contributed by atoms with Crippen molar-refractivity contribution in [3.8, 4) is 0 Å². The van der Waals surface area contributed by atoms with E-state index in [1.165, 1.54) is 19.3 Å². The predicted molar refractivity (Wildman–Crippen MR) is 64.9 cm³/mol. The Morgan fingerprint density at radius 1 is 1.21 bits per heavy atom. The van der Waals surface area contributed by atoms with Gasteiger partial charge in [0.2, 0.25) is 0 Å². The molecule has 0 bridgehead atoms. The van der Waals surface area contributed by atoms with Gasteiger partial charge in [0.1, 0.15) is 0 Å². The standard InChI is InChI=1S/C12H23BrO/c1-11(2,3)14-8-7-12(4,9-13)10-5-6-10/h10H,5-9H2,1-4H3. The quantitative estimate of drug-likeness (QED) is 0.681. The highest BCUT2D eigenvalue weighted by molar-refractivity contribution is 9.09. The number of rotatable bonds is 5. The summed E-state index contributed by atoms with van der Waals surface area (Å²) in [5.74, 6) is 0.936. The van der Waals surface area contributed by atoms with Crippen molar-refractivity contribution in [2.75, 3.05) is 11.9 Å². The van der Waals surface area contributed by atoms with Crippen molar-refractivity contribution in [2.45, 2.75) is 52.6 Å². The van der Waals surface area contributed by atoms with E-state index in [-0.39, 0.29) is 5.60 Å². The largest absolute Gasteiger partial charge is 0.376 e. The first-order valence-electron chi connectivity index (χ1n) is 5.57. The number of halogens is 1. The summed E-state index contributed by atoms with van der Waals surface area (Å²) in [6, 6.07) is 0. The molecule has 0 spiro atoms. The van der Waals surface area contributed by atoms with E-state index in [0.717, 1.165) is 17.9 Å². The number of alkyl halides is 1. The summed E-state index contributed by atoms with van der Waals surface area (Å²) in [6.45, 7) is 9.63. The zero-order chi connectivity index (χ0) is 10.8. The lowest BCUT2D eigenvalue weighted by atomic mass is 9.84. The number of ether oxygens (including phenoxy) is 1. The molecule has 0 radical (unpaired) electrons. The maximum absolute atomic E-state index is 5.78. The van der Waals surface area contributed by atoms with E-state index in [0.29, 0.717) is 5.41 Å². The summed E-state index contributed by atoms with van der Waals surface area (Å²) < 4.78 is 5.78. The molecule has 0 heterocycles. The van der Waals surface area contributed by atoms with Crippen LogP contribution in [0.3, 0.4) is 0 Å². The molecule has 0 aromatic heterocycles. The Morgan fingerprint density at radius 2 is 1.79 bits per heavy atom. The van der Waals surface area contributed by atoms with Gasteiger partial charge in [0.25, 0.3) is 0 Å². The molecule has 1 saturated carbocycles. The summed E-state index contributed by atoms with van der Waals surface area (Å²) in [6.07, 6.45) is 4.01. The maximum Gasteiger partial charge on any atom is 0.0598 e. The number of hydrogen-bond acceptors (Lipinski definition) is 1. The van der Waals surface area contributed by atoms with Crippen molar-refractivity contribution in [1.29, 1.82) is 0 Å². The Kier molecular flexibility index (Phi) is 4.04. The highest BCUT2D eigenvalue weighted by Crippen LogP contribution is 2.48. The molecule has 0 aromatic rings. The Labute approximate surface area is 96.7 Å². The molecule has 1 aliphatic rings. The lowest BCUT2D eigenvalue weighted by Gasteiger charge is -2.29. The van der Waals surface area contributed by atoms with Crippen molar-refractivity contribution in [1.82, 2.24) is 0 Å². The topological polar surface area (TPSA) is 9.23 Å². The second-order valence-corrected chi connectivity index (χ2v) is 6.33. The smallest absolute Gasteiger partial charge is 0.0598 e. The van der Waals surface area contributed by atoms with Crippen LogP contribution in [0.4, 0.5) is 0 Å². The zero-order valence-corrected chi connectivity index (χ0v) is 11.5. The third kappa shape index (κ3) is 3.90. The van der Waals surface area contributed by atoms with Gasteiger partial charge in [0.05, 0.1) is 5.60 Å². The molecular weight excluding hydrogens is 240 g/mol. The minimum absolute atomic E-state index is 0.0107. The molecule has 1 rings (SSSR count). The zero-order valence-electron chi connectivity index (χ0n) is 9.90. The van der Waals surface area contributed by atoms with E-state index in [2.05, 4.69) is 43.6 Å². The van der Waals surface area contributed by atoms with E-state index < -0.39 is 0 Å². The summed E-state index contributed by atoms with van der Waals surface area (Å²) in [5, 5.41) is 1.11. The van der Waals surface area contributed by atoms with Gasteiger partial charge in [0.15, 0.2) is 0 Å². The molecule has 2 heteroatoms. The van der Waals surface area contributed by atoms with Gasteiger partial charge in [-0.1, -0.05) is 22.9 Å². The molecule has 0 N–H and O–H groups in total. The molecule has 1 aliphatic carbocycles. The SMILES string of the molecule is CC(C)(C)OCCC(C)(CBr)C1CC1. The van der Waals surface area contributed by atoms with E-state index in [9.17, 15) is 0 Å². The third-order valence-corrected chi connectivity index (χ3v) is 4.36. The molecule has 1 nitrogen and oxygen atoms in total. The van der Waals surface area contributed by atoms with Crippen molar-refractivity contribution in [3.05, 3.63) is 0 Å². The van der Waals surface area contributed by atoms with Crippen LogP contribution in [-0.4, -0.2) is 17.5 Å². The highest BCUT2D eigenvalue weighted by atomic mass is 79.9. The van der Waals surface area contributed by atoms with E-state index in [4.69, 9.17) is 4.74 Å². The summed E-state index contributed by atoms with van der Waals surface area (Å²) in [7, 11) is 0. The molecule has 0 aromatic carbocycles. The summed E-state index contributed by atoms with van der Waals surface area (Å²) >= 11 is 3.64. The Bertz CT molecular complexity index is 181. The maximum atomic E-state index is 5.78. The summed E-state index contributed by atoms with van der Waals surface area (Å²) in [4.78, 5) is 0. The first kappa shape index (κ1) is 12.5. The first-order chi connectivity index (χ1) is 6.37. The molecule has 1 unspecified atom stereocenters. The second kappa shape index (κ2) is 4.52. The van der Waals surface area contributed by atoms with Gasteiger partial charge in [-0.2, -0.15) is 0 Å². The Balaban J connectivity index is 2.27. The molecule has 1 fully saturated rings. The minimum Gasteiger partial charge on any atom is -0.376 e. The van der Waals surface area contributed by atoms with Crippen LogP contribution in [-0.2, 0) is 4.74 Å². The van der Waals surface area contributed by atoms with Crippen LogP contribution in [0.2, 0.25) is 0 Å². The second-order valence-electron chi connectivity index (χ2n) is 5.77. The fraction of sp³-hybridized carbons (Fsp3) is 1.00. The molecule has 1 atom stereocenters. The molecule has 84 valence electrons. The lowest BCUT2D eigenvalue weighted by Crippen LogP contribution is -2.27. The molecule has 0 amide bonds. The Morgan fingerprint density at radius 3 is 2.14 bits per heavy atom. The van der Waals surface area contributed by atoms with Gasteiger partial charge in [-0.15, -0.1) is 0 Å². The van der Waals surface area contributed by atoms with Crippen LogP contribution in [0.15, 0.2) is 0 Å². The molecule has 0 aliphatic heterocycles. The average molecular weight is 263 g/mol. The fourth-order valence-electron chi connectivity index (χ4n) is 1.75. The molecular formula is C12H23BrO. The normalized spacial score (nSPS) is 22.1.